The zero-order valence-corrected chi connectivity index (χ0v) is 11.0. The van der Waals surface area contributed by atoms with Gasteiger partial charge in [0.25, 0.3) is 0 Å². The van der Waals surface area contributed by atoms with Gasteiger partial charge in [-0.2, -0.15) is 0 Å². The molecule has 0 amide bonds. The molecule has 1 rings (SSSR count). The van der Waals surface area contributed by atoms with Crippen LogP contribution in [0, 0.1) is 5.41 Å². The molecule has 0 spiro atoms. The molecule has 82 valence electrons. The van der Waals surface area contributed by atoms with Crippen molar-refractivity contribution in [3.8, 4) is 0 Å². The van der Waals surface area contributed by atoms with Gasteiger partial charge in [-0.15, -0.1) is 0 Å². The van der Waals surface area contributed by atoms with Crippen molar-refractivity contribution in [2.75, 3.05) is 6.61 Å². The Morgan fingerprint density at radius 1 is 1.33 bits per heavy atom. The van der Waals surface area contributed by atoms with Crippen molar-refractivity contribution in [3.05, 3.63) is 39.9 Å². The van der Waals surface area contributed by atoms with Crippen molar-refractivity contribution < 1.29 is 5.11 Å². The average molecular weight is 269 g/mol. The van der Waals surface area contributed by atoms with Crippen LogP contribution in [0.1, 0.15) is 26.3 Å². The third-order valence-electron chi connectivity index (χ3n) is 2.37. The van der Waals surface area contributed by atoms with E-state index in [9.17, 15) is 5.11 Å². The lowest BCUT2D eigenvalue weighted by Crippen LogP contribution is -2.12. The van der Waals surface area contributed by atoms with Crippen LogP contribution in [0.2, 0.25) is 0 Å². The van der Waals surface area contributed by atoms with E-state index in [1.165, 1.54) is 0 Å². The van der Waals surface area contributed by atoms with Crippen LogP contribution in [-0.4, -0.2) is 11.7 Å². The number of hydrogen-bond acceptors (Lipinski definition) is 1. The fourth-order valence-corrected chi connectivity index (χ4v) is 1.68. The van der Waals surface area contributed by atoms with Crippen molar-refractivity contribution in [1.82, 2.24) is 0 Å². The first kappa shape index (κ1) is 12.5. The van der Waals surface area contributed by atoms with E-state index in [1.54, 1.807) is 0 Å². The minimum atomic E-state index is 0.00400. The van der Waals surface area contributed by atoms with Crippen LogP contribution in [0.5, 0.6) is 0 Å². The van der Waals surface area contributed by atoms with E-state index >= 15 is 0 Å². The van der Waals surface area contributed by atoms with Gasteiger partial charge in [-0.25, -0.2) is 0 Å². The van der Waals surface area contributed by atoms with Crippen molar-refractivity contribution in [1.29, 1.82) is 0 Å². The second-order valence-corrected chi connectivity index (χ2v) is 5.45. The van der Waals surface area contributed by atoms with Gasteiger partial charge >= 0.3 is 0 Å². The summed E-state index contributed by atoms with van der Waals surface area (Å²) in [6.07, 6.45) is 2.05. The highest BCUT2D eigenvalue weighted by molar-refractivity contribution is 9.10. The van der Waals surface area contributed by atoms with Crippen molar-refractivity contribution in [3.63, 3.8) is 0 Å². The van der Waals surface area contributed by atoms with Gasteiger partial charge in [-0.1, -0.05) is 61.0 Å². The molecule has 1 nitrogen and oxygen atoms in total. The maximum atomic E-state index is 9.33. The van der Waals surface area contributed by atoms with Crippen molar-refractivity contribution >= 4 is 22.0 Å². The summed E-state index contributed by atoms with van der Waals surface area (Å²) >= 11 is 3.49. The highest BCUT2D eigenvalue weighted by atomic mass is 79.9. The lowest BCUT2D eigenvalue weighted by atomic mass is 9.86. The van der Waals surface area contributed by atoms with E-state index < -0.39 is 0 Å². The summed E-state index contributed by atoms with van der Waals surface area (Å²) in [6.45, 7) is 6.41. The van der Waals surface area contributed by atoms with Crippen molar-refractivity contribution in [2.24, 2.45) is 5.41 Å². The average Bonchev–Trinajstić information content (AvgIpc) is 2.14. The van der Waals surface area contributed by atoms with Crippen molar-refractivity contribution in [2.45, 2.75) is 20.8 Å². The molecule has 0 heterocycles. The highest BCUT2D eigenvalue weighted by Crippen LogP contribution is 2.28. The van der Waals surface area contributed by atoms with E-state index in [0.717, 1.165) is 15.6 Å². The largest absolute Gasteiger partial charge is 0.392 e. The number of hydrogen-bond donors (Lipinski definition) is 1. The third kappa shape index (κ3) is 3.47. The molecule has 0 aliphatic heterocycles. The van der Waals surface area contributed by atoms with E-state index in [2.05, 4.69) is 36.7 Å². The smallest absolute Gasteiger partial charge is 0.0650 e. The number of aliphatic hydroxyl groups is 1. The molecule has 1 aromatic rings. The van der Waals surface area contributed by atoms with Crippen LogP contribution in [0.3, 0.4) is 0 Å². The van der Waals surface area contributed by atoms with Crippen LogP contribution >= 0.6 is 15.9 Å². The SMILES string of the molecule is CC(C)(C)/C(=C/c1ccccc1Br)CO. The van der Waals surface area contributed by atoms with Crippen LogP contribution < -0.4 is 0 Å². The summed E-state index contributed by atoms with van der Waals surface area (Å²) in [6, 6.07) is 8.01. The molecule has 0 atom stereocenters. The first-order valence-electron chi connectivity index (χ1n) is 5.01. The predicted octanol–water partition coefficient (Wildman–Crippen LogP) is 3.87. The molecule has 1 N–H and O–H groups in total. The van der Waals surface area contributed by atoms with Gasteiger partial charge in [0.1, 0.15) is 0 Å². The second-order valence-electron chi connectivity index (χ2n) is 4.60. The first-order chi connectivity index (χ1) is 6.95. The summed E-state index contributed by atoms with van der Waals surface area (Å²) in [7, 11) is 0. The molecule has 15 heavy (non-hydrogen) atoms. The quantitative estimate of drug-likeness (QED) is 0.864. The molecule has 0 aliphatic carbocycles. The molecular weight excluding hydrogens is 252 g/mol. The van der Waals surface area contributed by atoms with E-state index in [1.807, 2.05) is 30.3 Å². The molecule has 0 fully saturated rings. The zero-order chi connectivity index (χ0) is 11.5. The van der Waals surface area contributed by atoms with Crippen LogP contribution in [0.4, 0.5) is 0 Å². The zero-order valence-electron chi connectivity index (χ0n) is 9.42. The Kier molecular flexibility index (Phi) is 4.12. The van der Waals surface area contributed by atoms with Gasteiger partial charge in [0.2, 0.25) is 0 Å². The molecule has 0 bridgehead atoms. The summed E-state index contributed by atoms with van der Waals surface area (Å²) in [5.41, 5.74) is 2.15. The first-order valence-corrected chi connectivity index (χ1v) is 5.81. The molecule has 0 radical (unpaired) electrons. The predicted molar refractivity (Wildman–Crippen MR) is 68.7 cm³/mol. The van der Waals surface area contributed by atoms with Crippen LogP contribution in [0.15, 0.2) is 34.3 Å². The lowest BCUT2D eigenvalue weighted by molar-refractivity contribution is 0.298. The second kappa shape index (κ2) is 4.95. The minimum Gasteiger partial charge on any atom is -0.392 e. The Morgan fingerprint density at radius 2 is 1.93 bits per heavy atom. The molecule has 2 heteroatoms. The summed E-state index contributed by atoms with van der Waals surface area (Å²) in [5, 5.41) is 9.33. The van der Waals surface area contributed by atoms with Crippen LogP contribution in [-0.2, 0) is 0 Å². The van der Waals surface area contributed by atoms with Gasteiger partial charge in [0.15, 0.2) is 0 Å². The Morgan fingerprint density at radius 3 is 2.40 bits per heavy atom. The molecule has 0 aliphatic rings. The van der Waals surface area contributed by atoms with Crippen LogP contribution in [0.25, 0.3) is 6.08 Å². The maximum absolute atomic E-state index is 9.33. The lowest BCUT2D eigenvalue weighted by Gasteiger charge is -2.21. The summed E-state index contributed by atoms with van der Waals surface area (Å²) in [4.78, 5) is 0. The third-order valence-corrected chi connectivity index (χ3v) is 3.09. The standard InChI is InChI=1S/C13H17BrO/c1-13(2,3)11(9-15)8-10-6-4-5-7-12(10)14/h4-8,15H,9H2,1-3H3/b11-8+. The van der Waals surface area contributed by atoms with Gasteiger partial charge in [0, 0.05) is 4.47 Å². The molecule has 0 saturated carbocycles. The number of halogens is 1. The summed E-state index contributed by atoms with van der Waals surface area (Å²) in [5.74, 6) is 0. The van der Waals surface area contributed by atoms with Gasteiger partial charge in [-0.3, -0.25) is 0 Å². The number of aliphatic hydroxyl groups excluding tert-OH is 1. The fraction of sp³-hybridized carbons (Fsp3) is 0.385. The summed E-state index contributed by atoms with van der Waals surface area (Å²) < 4.78 is 1.06. The minimum absolute atomic E-state index is 0.00400. The van der Waals surface area contributed by atoms with E-state index in [4.69, 9.17) is 0 Å². The monoisotopic (exact) mass is 268 g/mol. The molecule has 0 aromatic heterocycles. The Labute approximate surface area is 100.0 Å². The molecule has 0 saturated heterocycles. The Hall–Kier alpha value is -0.600. The van der Waals surface area contributed by atoms with Gasteiger partial charge in [-0.05, 0) is 22.6 Å². The topological polar surface area (TPSA) is 20.2 Å². The Bertz CT molecular complexity index is 361. The molecular formula is C13H17BrO. The molecule has 1 aromatic carbocycles. The van der Waals surface area contributed by atoms with Gasteiger partial charge < -0.3 is 5.11 Å². The van der Waals surface area contributed by atoms with Gasteiger partial charge in [0.05, 0.1) is 6.61 Å². The normalized spacial score (nSPS) is 13.0. The maximum Gasteiger partial charge on any atom is 0.0650 e. The Balaban J connectivity index is 3.10. The van der Waals surface area contributed by atoms with E-state index in [0.29, 0.717) is 0 Å². The number of benzene rings is 1. The molecule has 0 unspecified atom stereocenters. The fourth-order valence-electron chi connectivity index (χ4n) is 1.28. The van der Waals surface area contributed by atoms with E-state index in [-0.39, 0.29) is 12.0 Å². The number of rotatable bonds is 2. The highest BCUT2D eigenvalue weighted by Gasteiger charge is 2.16.